The van der Waals surface area contributed by atoms with Crippen LogP contribution in [0.2, 0.25) is 0 Å². The lowest BCUT2D eigenvalue weighted by atomic mass is 9.84. The van der Waals surface area contributed by atoms with Gasteiger partial charge in [-0.1, -0.05) is 91.0 Å². The number of ether oxygens (including phenoxy) is 1. The molecule has 0 bridgehead atoms. The van der Waals surface area contributed by atoms with Crippen molar-refractivity contribution >= 4 is 30.3 Å². The molecule has 0 aromatic heterocycles. The van der Waals surface area contributed by atoms with Crippen molar-refractivity contribution in [3.05, 3.63) is 137 Å². The SMILES string of the molecule is CN(C(=O)O)[C@H](C(=O)Nc1ccccc1CC[C@@H]1CNC[C@@H](C(S)c2ccc(C#N)cc2)O1)C(c1ccccc1)c1ccccc1. The molecule has 0 spiro atoms. The van der Waals surface area contributed by atoms with Crippen LogP contribution in [0.3, 0.4) is 0 Å². The first-order valence-electron chi connectivity index (χ1n) is 15.3. The molecule has 1 heterocycles. The molecule has 1 fully saturated rings. The van der Waals surface area contributed by atoms with Crippen molar-refractivity contribution in [1.82, 2.24) is 10.2 Å². The monoisotopic (exact) mass is 634 g/mol. The smallest absolute Gasteiger partial charge is 0.407 e. The number of carbonyl (C=O) groups is 2. The average Bonchev–Trinajstić information content (AvgIpc) is 3.10. The standard InChI is InChI=1S/C37H38N4O4S/c1-41(37(43)44)34(33(27-11-4-2-5-12-27)28-13-6-3-7-14-28)36(42)40-31-15-9-8-10-26(31)20-21-30-23-39-24-32(45-30)35(46)29-18-16-25(22-38)17-19-29/h2-19,30,32-35,39,46H,20-21,23-24H2,1H3,(H,40,42)(H,43,44)/t30-,32+,34+,35?/m1/s1. The molecule has 236 valence electrons. The quantitative estimate of drug-likeness (QED) is 0.145. The Hall–Kier alpha value is -4.62. The lowest BCUT2D eigenvalue weighted by molar-refractivity contribution is -0.120. The third-order valence-electron chi connectivity index (χ3n) is 8.45. The highest BCUT2D eigenvalue weighted by atomic mass is 32.1. The minimum atomic E-state index is -1.19. The van der Waals surface area contributed by atoms with Crippen molar-refractivity contribution in [1.29, 1.82) is 5.26 Å². The van der Waals surface area contributed by atoms with Crippen molar-refractivity contribution in [2.75, 3.05) is 25.5 Å². The minimum Gasteiger partial charge on any atom is -0.465 e. The maximum atomic E-state index is 14.1. The van der Waals surface area contributed by atoms with E-state index < -0.39 is 24.0 Å². The summed E-state index contributed by atoms with van der Waals surface area (Å²) >= 11 is 4.84. The maximum Gasteiger partial charge on any atom is 0.407 e. The topological polar surface area (TPSA) is 115 Å². The second-order valence-corrected chi connectivity index (χ2v) is 12.0. The molecule has 0 saturated carbocycles. The van der Waals surface area contributed by atoms with Crippen LogP contribution in [0.4, 0.5) is 10.5 Å². The van der Waals surface area contributed by atoms with Crippen LogP contribution >= 0.6 is 12.6 Å². The van der Waals surface area contributed by atoms with Crippen LogP contribution in [0, 0.1) is 11.3 Å². The first kappa shape index (κ1) is 32.8. The number of amides is 2. The van der Waals surface area contributed by atoms with Crippen LogP contribution in [0.5, 0.6) is 0 Å². The van der Waals surface area contributed by atoms with E-state index in [1.807, 2.05) is 97.1 Å². The predicted molar refractivity (Wildman–Crippen MR) is 182 cm³/mol. The van der Waals surface area contributed by atoms with Crippen molar-refractivity contribution in [3.8, 4) is 6.07 Å². The number of nitrogens with zero attached hydrogens (tertiary/aromatic N) is 2. The van der Waals surface area contributed by atoms with E-state index >= 15 is 0 Å². The van der Waals surface area contributed by atoms with Crippen molar-refractivity contribution < 1.29 is 19.4 Å². The summed E-state index contributed by atoms with van der Waals surface area (Å²) in [4.78, 5) is 27.5. The Balaban J connectivity index is 1.32. The van der Waals surface area contributed by atoms with E-state index in [9.17, 15) is 14.7 Å². The Morgan fingerprint density at radius 2 is 1.54 bits per heavy atom. The third-order valence-corrected chi connectivity index (χ3v) is 9.08. The average molecular weight is 635 g/mol. The Kier molecular flexibility index (Phi) is 11.1. The highest BCUT2D eigenvalue weighted by molar-refractivity contribution is 7.80. The fraction of sp³-hybridized carbons (Fsp3) is 0.270. The van der Waals surface area contributed by atoms with E-state index in [4.69, 9.17) is 22.6 Å². The van der Waals surface area contributed by atoms with E-state index in [0.29, 0.717) is 37.2 Å². The van der Waals surface area contributed by atoms with Crippen molar-refractivity contribution in [2.24, 2.45) is 0 Å². The van der Waals surface area contributed by atoms with E-state index in [0.717, 1.165) is 27.2 Å². The molecule has 4 aromatic rings. The number of nitriles is 1. The van der Waals surface area contributed by atoms with Gasteiger partial charge in [0.1, 0.15) is 6.04 Å². The molecular weight excluding hydrogens is 596 g/mol. The molecule has 4 atom stereocenters. The molecule has 1 saturated heterocycles. The fourth-order valence-corrected chi connectivity index (χ4v) is 6.33. The lowest BCUT2D eigenvalue weighted by Crippen LogP contribution is -2.48. The molecule has 5 rings (SSSR count). The number of thiol groups is 1. The Morgan fingerprint density at radius 3 is 2.15 bits per heavy atom. The highest BCUT2D eigenvalue weighted by Gasteiger charge is 2.37. The molecule has 9 heteroatoms. The van der Waals surface area contributed by atoms with Gasteiger partial charge in [-0.3, -0.25) is 9.69 Å². The van der Waals surface area contributed by atoms with Gasteiger partial charge < -0.3 is 20.5 Å². The highest BCUT2D eigenvalue weighted by Crippen LogP contribution is 2.33. The fourth-order valence-electron chi connectivity index (χ4n) is 5.99. The molecule has 2 amide bonds. The molecule has 46 heavy (non-hydrogen) atoms. The van der Waals surface area contributed by atoms with Gasteiger partial charge in [0.05, 0.1) is 29.1 Å². The van der Waals surface area contributed by atoms with E-state index in [-0.39, 0.29) is 17.5 Å². The minimum absolute atomic E-state index is 0.0676. The van der Waals surface area contributed by atoms with E-state index in [1.165, 1.54) is 7.05 Å². The number of carboxylic acid groups (broad SMARTS) is 1. The van der Waals surface area contributed by atoms with Gasteiger partial charge in [-0.2, -0.15) is 17.9 Å². The third kappa shape index (κ3) is 7.96. The van der Waals surface area contributed by atoms with Crippen LogP contribution in [0.25, 0.3) is 0 Å². The Morgan fingerprint density at radius 1 is 0.935 bits per heavy atom. The molecule has 0 aliphatic carbocycles. The van der Waals surface area contributed by atoms with Gasteiger partial charge in [0.25, 0.3) is 0 Å². The summed E-state index contributed by atoms with van der Waals surface area (Å²) in [6.45, 7) is 1.36. The summed E-state index contributed by atoms with van der Waals surface area (Å²) in [5, 5.41) is 25.6. The first-order chi connectivity index (χ1) is 22.4. The van der Waals surface area contributed by atoms with Crippen LogP contribution in [-0.4, -0.2) is 60.4 Å². The molecular formula is C37H38N4O4S. The van der Waals surface area contributed by atoms with Gasteiger partial charge in [0.15, 0.2) is 0 Å². The van der Waals surface area contributed by atoms with Crippen LogP contribution in [0.1, 0.15) is 45.4 Å². The number of aryl methyl sites for hydroxylation is 1. The van der Waals surface area contributed by atoms with Crippen molar-refractivity contribution in [2.45, 2.75) is 42.3 Å². The largest absolute Gasteiger partial charge is 0.465 e. The molecule has 1 aliphatic rings. The van der Waals surface area contributed by atoms with Gasteiger partial charge in [-0.05, 0) is 53.3 Å². The summed E-state index contributed by atoms with van der Waals surface area (Å²) in [5.41, 5.74) is 4.86. The van der Waals surface area contributed by atoms with Gasteiger partial charge in [0.2, 0.25) is 5.91 Å². The second kappa shape index (κ2) is 15.6. The number of morpholine rings is 1. The summed E-state index contributed by atoms with van der Waals surface area (Å²) in [5.74, 6) is -0.939. The van der Waals surface area contributed by atoms with Crippen LogP contribution < -0.4 is 10.6 Å². The zero-order valence-corrected chi connectivity index (χ0v) is 26.5. The summed E-state index contributed by atoms with van der Waals surface area (Å²) in [7, 11) is 1.44. The normalized spacial score (nSPS) is 17.4. The van der Waals surface area contributed by atoms with Crippen molar-refractivity contribution in [3.63, 3.8) is 0 Å². The van der Waals surface area contributed by atoms with Gasteiger partial charge in [0, 0.05) is 31.7 Å². The first-order valence-corrected chi connectivity index (χ1v) is 15.9. The predicted octanol–water partition coefficient (Wildman–Crippen LogP) is 6.27. The Labute approximate surface area is 275 Å². The number of hydrogen-bond acceptors (Lipinski definition) is 6. The zero-order valence-electron chi connectivity index (χ0n) is 25.6. The maximum absolute atomic E-state index is 14.1. The van der Waals surface area contributed by atoms with Gasteiger partial charge >= 0.3 is 6.09 Å². The van der Waals surface area contributed by atoms with Gasteiger partial charge in [-0.15, -0.1) is 0 Å². The number of likely N-dealkylation sites (N-methyl/N-ethyl adjacent to an activating group) is 1. The van der Waals surface area contributed by atoms with Gasteiger partial charge in [-0.25, -0.2) is 4.79 Å². The molecule has 1 aliphatic heterocycles. The number of anilines is 1. The molecule has 1 unspecified atom stereocenters. The number of para-hydroxylation sites is 1. The number of benzene rings is 4. The lowest BCUT2D eigenvalue weighted by Gasteiger charge is -2.34. The second-order valence-electron chi connectivity index (χ2n) is 11.5. The van der Waals surface area contributed by atoms with Crippen LogP contribution in [-0.2, 0) is 16.0 Å². The molecule has 8 nitrogen and oxygen atoms in total. The zero-order chi connectivity index (χ0) is 32.5. The van der Waals surface area contributed by atoms with Crippen LogP contribution in [0.15, 0.2) is 109 Å². The van der Waals surface area contributed by atoms with E-state index in [2.05, 4.69) is 16.7 Å². The van der Waals surface area contributed by atoms with E-state index in [1.54, 1.807) is 12.1 Å². The Bertz CT molecular complexity index is 1610. The molecule has 4 aromatic carbocycles. The molecule has 0 radical (unpaired) electrons. The number of carbonyl (C=O) groups excluding carboxylic acids is 1. The molecule has 3 N–H and O–H groups in total. The number of hydrogen-bond donors (Lipinski definition) is 4. The summed E-state index contributed by atoms with van der Waals surface area (Å²) in [6.07, 6.45) is -0.0547. The number of nitrogens with one attached hydrogen (secondary N) is 2. The summed E-state index contributed by atoms with van der Waals surface area (Å²) in [6, 6.07) is 35.2. The number of rotatable bonds is 11. The summed E-state index contributed by atoms with van der Waals surface area (Å²) < 4.78 is 6.46.